The van der Waals surface area contributed by atoms with Crippen LogP contribution < -0.4 is 4.74 Å². The van der Waals surface area contributed by atoms with Crippen LogP contribution in [0.3, 0.4) is 0 Å². The number of rotatable bonds is 2. The number of halogens is 1. The molecule has 1 aromatic rings. The molecule has 0 N–H and O–H groups in total. The maximum absolute atomic E-state index is 11.1. The summed E-state index contributed by atoms with van der Waals surface area (Å²) in [5.74, 6) is 0.381. The summed E-state index contributed by atoms with van der Waals surface area (Å²) in [6.07, 6.45) is 0. The number of hydrogen-bond donors (Lipinski definition) is 0. The molecule has 66 valence electrons. The first-order chi connectivity index (χ1) is 5.55. The Morgan fingerprint density at radius 3 is 2.33 bits per heavy atom. The monoisotopic (exact) mass is 298 g/mol. The summed E-state index contributed by atoms with van der Waals surface area (Å²) in [5, 5.41) is 0. The van der Waals surface area contributed by atoms with Crippen molar-refractivity contribution in [2.45, 2.75) is 4.90 Å². The van der Waals surface area contributed by atoms with E-state index in [1.165, 1.54) is 34.4 Å². The molecular formula is C7H7IO3S. The topological polar surface area (TPSA) is 43.4 Å². The fourth-order valence-corrected chi connectivity index (χ4v) is 2.54. The van der Waals surface area contributed by atoms with E-state index < -0.39 is 7.01 Å². The third-order valence-electron chi connectivity index (χ3n) is 1.33. The fraction of sp³-hybridized carbons (Fsp3) is 0.143. The van der Waals surface area contributed by atoms with Crippen LogP contribution in [-0.4, -0.2) is 15.5 Å². The van der Waals surface area contributed by atoms with Gasteiger partial charge in [-0.1, -0.05) is 12.1 Å². The van der Waals surface area contributed by atoms with Gasteiger partial charge >= 0.3 is 0 Å². The SMILES string of the molecule is COc1ccccc1S(=O)(=O)I. The first kappa shape index (κ1) is 9.79. The first-order valence-corrected chi connectivity index (χ1v) is 7.16. The minimum Gasteiger partial charge on any atom is -0.495 e. The van der Waals surface area contributed by atoms with Crippen LogP contribution in [0.2, 0.25) is 0 Å². The zero-order valence-corrected chi connectivity index (χ0v) is 9.29. The summed E-state index contributed by atoms with van der Waals surface area (Å²) >= 11 is 1.38. The van der Waals surface area contributed by atoms with Crippen molar-refractivity contribution in [3.05, 3.63) is 24.3 Å². The second-order valence-electron chi connectivity index (χ2n) is 2.09. The molecule has 0 bridgehead atoms. The molecule has 1 rings (SSSR count). The Balaban J connectivity index is 3.33. The Morgan fingerprint density at radius 2 is 1.92 bits per heavy atom. The average molecular weight is 298 g/mol. The van der Waals surface area contributed by atoms with E-state index in [4.69, 9.17) is 4.74 Å². The molecule has 0 aliphatic carbocycles. The van der Waals surface area contributed by atoms with E-state index in [0.29, 0.717) is 5.75 Å². The summed E-state index contributed by atoms with van der Waals surface area (Å²) in [6.45, 7) is 0. The summed E-state index contributed by atoms with van der Waals surface area (Å²) in [7, 11) is -1.76. The van der Waals surface area contributed by atoms with Gasteiger partial charge in [0.05, 0.1) is 28.3 Å². The lowest BCUT2D eigenvalue weighted by Gasteiger charge is -2.03. The largest absolute Gasteiger partial charge is 0.495 e. The number of hydrogen-bond acceptors (Lipinski definition) is 3. The van der Waals surface area contributed by atoms with E-state index >= 15 is 0 Å². The van der Waals surface area contributed by atoms with Gasteiger partial charge in [0.2, 0.25) is 7.01 Å². The van der Waals surface area contributed by atoms with Gasteiger partial charge in [0.25, 0.3) is 0 Å². The van der Waals surface area contributed by atoms with Crippen molar-refractivity contribution in [2.24, 2.45) is 0 Å². The lowest BCUT2D eigenvalue weighted by molar-refractivity contribution is 0.403. The number of ether oxygens (including phenoxy) is 1. The Hall–Kier alpha value is -0.300. The molecule has 0 saturated carbocycles. The highest BCUT2D eigenvalue weighted by Gasteiger charge is 2.13. The molecule has 0 unspecified atom stereocenters. The minimum absolute atomic E-state index is 0.216. The maximum atomic E-state index is 11.1. The zero-order valence-electron chi connectivity index (χ0n) is 6.32. The van der Waals surface area contributed by atoms with Crippen LogP contribution in [0.4, 0.5) is 0 Å². The van der Waals surface area contributed by atoms with Gasteiger partial charge in [-0.2, -0.15) is 0 Å². The van der Waals surface area contributed by atoms with Crippen LogP contribution in [-0.2, 0) is 7.01 Å². The van der Waals surface area contributed by atoms with Gasteiger partial charge in [-0.15, -0.1) is 0 Å². The Labute approximate surface area is 83.2 Å². The Morgan fingerprint density at radius 1 is 1.33 bits per heavy atom. The van der Waals surface area contributed by atoms with Crippen LogP contribution in [0.15, 0.2) is 29.2 Å². The molecule has 3 nitrogen and oxygen atoms in total. The van der Waals surface area contributed by atoms with Crippen molar-refractivity contribution < 1.29 is 13.2 Å². The molecule has 0 heterocycles. The molecule has 0 spiro atoms. The van der Waals surface area contributed by atoms with Crippen LogP contribution in [0.5, 0.6) is 5.75 Å². The van der Waals surface area contributed by atoms with Crippen LogP contribution in [0.25, 0.3) is 0 Å². The predicted octanol–water partition coefficient (Wildman–Crippen LogP) is 1.82. The lowest BCUT2D eigenvalue weighted by Crippen LogP contribution is -1.94. The van der Waals surface area contributed by atoms with Crippen LogP contribution >= 0.6 is 21.2 Å². The van der Waals surface area contributed by atoms with Gasteiger partial charge in [0, 0.05) is 0 Å². The number of para-hydroxylation sites is 1. The second kappa shape index (κ2) is 3.61. The third-order valence-corrected chi connectivity index (χ3v) is 3.62. The molecule has 12 heavy (non-hydrogen) atoms. The van der Waals surface area contributed by atoms with Crippen molar-refractivity contribution in [1.82, 2.24) is 0 Å². The summed E-state index contributed by atoms with van der Waals surface area (Å²) in [5.41, 5.74) is 0. The molecule has 0 amide bonds. The molecule has 0 radical (unpaired) electrons. The minimum atomic E-state index is -3.20. The average Bonchev–Trinajstić information content (AvgIpc) is 2.03. The molecule has 0 aliphatic rings. The smallest absolute Gasteiger partial charge is 0.234 e. The Kier molecular flexibility index (Phi) is 2.94. The molecule has 1 aromatic carbocycles. The molecular weight excluding hydrogens is 291 g/mol. The second-order valence-corrected chi connectivity index (χ2v) is 6.88. The van der Waals surface area contributed by atoms with Gasteiger partial charge < -0.3 is 4.74 Å². The summed E-state index contributed by atoms with van der Waals surface area (Å²) < 4.78 is 27.1. The fourth-order valence-electron chi connectivity index (χ4n) is 0.820. The molecule has 0 aromatic heterocycles. The van der Waals surface area contributed by atoms with Crippen molar-refractivity contribution in [3.63, 3.8) is 0 Å². The summed E-state index contributed by atoms with van der Waals surface area (Å²) in [4.78, 5) is 0.216. The van der Waals surface area contributed by atoms with E-state index in [1.54, 1.807) is 18.2 Å². The highest BCUT2D eigenvalue weighted by atomic mass is 127. The summed E-state index contributed by atoms with van der Waals surface area (Å²) in [6, 6.07) is 6.52. The quantitative estimate of drug-likeness (QED) is 0.618. The van der Waals surface area contributed by atoms with Gasteiger partial charge in [0.15, 0.2) is 0 Å². The molecule has 0 atom stereocenters. The van der Waals surface area contributed by atoms with E-state index in [2.05, 4.69) is 0 Å². The van der Waals surface area contributed by atoms with Gasteiger partial charge in [0.1, 0.15) is 10.6 Å². The van der Waals surface area contributed by atoms with Crippen LogP contribution in [0.1, 0.15) is 0 Å². The first-order valence-electron chi connectivity index (χ1n) is 3.13. The highest BCUT2D eigenvalue weighted by Crippen LogP contribution is 2.27. The van der Waals surface area contributed by atoms with E-state index in [1.807, 2.05) is 0 Å². The van der Waals surface area contributed by atoms with Gasteiger partial charge in [-0.25, -0.2) is 8.42 Å². The molecule has 0 fully saturated rings. The predicted molar refractivity (Wildman–Crippen MR) is 54.2 cm³/mol. The van der Waals surface area contributed by atoms with Crippen molar-refractivity contribution in [3.8, 4) is 5.75 Å². The highest BCUT2D eigenvalue weighted by molar-refractivity contribution is 14.2. The van der Waals surface area contributed by atoms with E-state index in [-0.39, 0.29) is 4.90 Å². The molecule has 0 saturated heterocycles. The van der Waals surface area contributed by atoms with Crippen LogP contribution in [0, 0.1) is 0 Å². The van der Waals surface area contributed by atoms with Crippen molar-refractivity contribution >= 4 is 28.2 Å². The van der Waals surface area contributed by atoms with Gasteiger partial charge in [-0.05, 0) is 12.1 Å². The maximum Gasteiger partial charge on any atom is 0.234 e. The van der Waals surface area contributed by atoms with E-state index in [9.17, 15) is 8.42 Å². The van der Waals surface area contributed by atoms with Gasteiger partial charge in [-0.3, -0.25) is 0 Å². The standard InChI is InChI=1S/C7H7IO3S/c1-11-6-4-2-3-5-7(6)12(8,9)10/h2-5H,1H3. The normalized spacial score (nSPS) is 11.2. The third kappa shape index (κ3) is 2.10. The van der Waals surface area contributed by atoms with E-state index in [0.717, 1.165) is 0 Å². The van der Waals surface area contributed by atoms with Crippen molar-refractivity contribution in [1.29, 1.82) is 0 Å². The lowest BCUT2D eigenvalue weighted by atomic mass is 10.3. The number of methoxy groups -OCH3 is 1. The Bertz CT molecular complexity index is 372. The molecule has 0 aliphatic heterocycles. The zero-order chi connectivity index (χ0) is 9.19. The molecule has 5 heteroatoms. The number of benzene rings is 1. The van der Waals surface area contributed by atoms with Crippen molar-refractivity contribution in [2.75, 3.05) is 7.11 Å².